The summed E-state index contributed by atoms with van der Waals surface area (Å²) in [7, 11) is -0.829. The fourth-order valence-corrected chi connectivity index (χ4v) is 3.90. The fraction of sp³-hybridized carbons (Fsp3) is 0.368. The summed E-state index contributed by atoms with van der Waals surface area (Å²) in [6.45, 7) is 0.756. The highest BCUT2D eigenvalue weighted by Crippen LogP contribution is 2.37. The van der Waals surface area contributed by atoms with Crippen LogP contribution in [-0.4, -0.2) is 46.9 Å². The van der Waals surface area contributed by atoms with Crippen molar-refractivity contribution >= 4 is 36.3 Å². The second kappa shape index (κ2) is 6.99. The van der Waals surface area contributed by atoms with E-state index in [4.69, 9.17) is 4.65 Å². The molecule has 0 unspecified atom stereocenters. The van der Waals surface area contributed by atoms with Crippen molar-refractivity contribution in [3.63, 3.8) is 0 Å². The largest absolute Gasteiger partial charge is 0.491 e. The number of hydrogen-bond acceptors (Lipinski definition) is 7. The van der Waals surface area contributed by atoms with E-state index in [0.717, 1.165) is 40.8 Å². The molecule has 1 aliphatic carbocycles. The Kier molecular flexibility index (Phi) is 4.33. The Morgan fingerprint density at radius 3 is 3.11 bits per heavy atom. The molecular weight excluding hydrogens is 357 g/mol. The van der Waals surface area contributed by atoms with Gasteiger partial charge in [-0.15, -0.1) is 0 Å². The fourth-order valence-electron chi connectivity index (χ4n) is 3.90. The third-order valence-electron chi connectivity index (χ3n) is 5.60. The van der Waals surface area contributed by atoms with Gasteiger partial charge in [0.05, 0.1) is 13.0 Å². The molecule has 0 spiro atoms. The van der Waals surface area contributed by atoms with Crippen LogP contribution in [0.25, 0.3) is 0 Å². The number of aliphatic imine (C=N–C) groups is 1. The van der Waals surface area contributed by atoms with Crippen LogP contribution in [0.5, 0.6) is 0 Å². The zero-order chi connectivity index (χ0) is 19.1. The molecule has 1 aromatic carbocycles. The topological polar surface area (TPSA) is 99.9 Å². The van der Waals surface area contributed by atoms with Crippen molar-refractivity contribution in [1.29, 1.82) is 0 Å². The van der Waals surface area contributed by atoms with Gasteiger partial charge in [0.1, 0.15) is 24.6 Å². The van der Waals surface area contributed by atoms with Gasteiger partial charge in [0.2, 0.25) is 5.91 Å². The van der Waals surface area contributed by atoms with Gasteiger partial charge in [-0.2, -0.15) is 0 Å². The highest BCUT2D eigenvalue weighted by molar-refractivity contribution is 6.61. The average molecular weight is 377 g/mol. The predicted molar refractivity (Wildman–Crippen MR) is 106 cm³/mol. The second-order valence-electron chi connectivity index (χ2n) is 7.32. The first-order valence-corrected chi connectivity index (χ1v) is 9.53. The maximum Gasteiger partial charge on any atom is 0.491 e. The lowest BCUT2D eigenvalue weighted by atomic mass is 9.79. The van der Waals surface area contributed by atoms with E-state index >= 15 is 0 Å². The Balaban J connectivity index is 1.26. The van der Waals surface area contributed by atoms with Crippen molar-refractivity contribution in [2.45, 2.75) is 38.3 Å². The van der Waals surface area contributed by atoms with E-state index in [0.29, 0.717) is 25.5 Å². The normalized spacial score (nSPS) is 18.5. The van der Waals surface area contributed by atoms with E-state index in [1.54, 1.807) is 6.21 Å². The minimum atomic E-state index is -0.829. The van der Waals surface area contributed by atoms with Gasteiger partial charge in [-0.1, -0.05) is 12.1 Å². The van der Waals surface area contributed by atoms with Crippen LogP contribution >= 0.6 is 0 Å². The van der Waals surface area contributed by atoms with Gasteiger partial charge in [0.15, 0.2) is 0 Å². The molecule has 0 saturated heterocycles. The standard InChI is InChI=1S/C19H20BN5O3/c26-17-7-15-18(23-11-24-19(15)25(17)14-2-1-3-14)22-10-21-8-12-4-5-16-13(6-12)9-28-20(16)27/h4-6,8,11,14,27H,1-3,7,9-10H2,(H,22,23,24)/b21-8+. The number of nitrogens with one attached hydrogen (secondary N) is 1. The summed E-state index contributed by atoms with van der Waals surface area (Å²) < 4.78 is 5.20. The molecule has 2 N–H and O–H groups in total. The van der Waals surface area contributed by atoms with Gasteiger partial charge in [-0.25, -0.2) is 9.97 Å². The molecule has 0 atom stereocenters. The van der Waals surface area contributed by atoms with Crippen molar-refractivity contribution in [2.24, 2.45) is 4.99 Å². The summed E-state index contributed by atoms with van der Waals surface area (Å²) in [5.74, 6) is 1.52. The molecule has 1 fully saturated rings. The molecule has 142 valence electrons. The average Bonchev–Trinajstić information content (AvgIpc) is 3.18. The minimum absolute atomic E-state index is 0.106. The third kappa shape index (κ3) is 2.96. The molecule has 3 aliphatic rings. The molecule has 3 heterocycles. The molecule has 2 aliphatic heterocycles. The smallest absolute Gasteiger partial charge is 0.423 e. The summed E-state index contributed by atoms with van der Waals surface area (Å²) in [5.41, 5.74) is 3.59. The maximum atomic E-state index is 12.4. The van der Waals surface area contributed by atoms with Gasteiger partial charge >= 0.3 is 7.12 Å². The number of carbonyl (C=O) groups excluding carboxylic acids is 1. The Labute approximate surface area is 162 Å². The van der Waals surface area contributed by atoms with Gasteiger partial charge in [-0.05, 0) is 41.9 Å². The molecule has 0 bridgehead atoms. The Morgan fingerprint density at radius 2 is 2.29 bits per heavy atom. The third-order valence-corrected chi connectivity index (χ3v) is 5.60. The summed E-state index contributed by atoms with van der Waals surface area (Å²) >= 11 is 0. The summed E-state index contributed by atoms with van der Waals surface area (Å²) in [6.07, 6.45) is 6.87. The monoisotopic (exact) mass is 377 g/mol. The van der Waals surface area contributed by atoms with Crippen LogP contribution in [0.2, 0.25) is 0 Å². The Morgan fingerprint density at radius 1 is 1.39 bits per heavy atom. The van der Waals surface area contributed by atoms with Crippen LogP contribution < -0.4 is 15.7 Å². The second-order valence-corrected chi connectivity index (χ2v) is 7.32. The van der Waals surface area contributed by atoms with Crippen LogP contribution in [0.4, 0.5) is 11.6 Å². The van der Waals surface area contributed by atoms with Crippen molar-refractivity contribution in [3.05, 3.63) is 41.2 Å². The quantitative estimate of drug-likeness (QED) is 0.586. The highest BCUT2D eigenvalue weighted by atomic mass is 16.5. The van der Waals surface area contributed by atoms with Crippen LogP contribution in [-0.2, 0) is 22.5 Å². The van der Waals surface area contributed by atoms with E-state index < -0.39 is 7.12 Å². The number of benzene rings is 1. The molecule has 5 rings (SSSR count). The Hall–Kier alpha value is -2.78. The Bertz CT molecular complexity index is 963. The van der Waals surface area contributed by atoms with Crippen LogP contribution in [0, 0.1) is 0 Å². The molecule has 1 amide bonds. The molecular formula is C19H20BN5O3. The number of amides is 1. The van der Waals surface area contributed by atoms with Gasteiger partial charge < -0.3 is 15.0 Å². The van der Waals surface area contributed by atoms with Crippen molar-refractivity contribution in [3.8, 4) is 0 Å². The number of nitrogens with zero attached hydrogens (tertiary/aromatic N) is 4. The lowest BCUT2D eigenvalue weighted by molar-refractivity contribution is -0.118. The first kappa shape index (κ1) is 17.3. The molecule has 0 radical (unpaired) electrons. The number of rotatable bonds is 5. The molecule has 28 heavy (non-hydrogen) atoms. The molecule has 9 heteroatoms. The minimum Gasteiger partial charge on any atom is -0.423 e. The highest BCUT2D eigenvalue weighted by Gasteiger charge is 2.38. The van der Waals surface area contributed by atoms with Crippen molar-refractivity contribution in [2.75, 3.05) is 16.9 Å². The number of hydrogen-bond donors (Lipinski definition) is 2. The van der Waals surface area contributed by atoms with Crippen LogP contribution in [0.15, 0.2) is 29.5 Å². The van der Waals surface area contributed by atoms with E-state index in [2.05, 4.69) is 20.3 Å². The van der Waals surface area contributed by atoms with Crippen molar-refractivity contribution < 1.29 is 14.5 Å². The molecule has 1 saturated carbocycles. The molecule has 2 aromatic rings. The first-order chi connectivity index (χ1) is 13.7. The zero-order valence-corrected chi connectivity index (χ0v) is 15.3. The summed E-state index contributed by atoms with van der Waals surface area (Å²) in [4.78, 5) is 27.3. The number of fused-ring (bicyclic) bond motifs is 2. The summed E-state index contributed by atoms with van der Waals surface area (Å²) in [6, 6.07) is 6.02. The van der Waals surface area contributed by atoms with Crippen LogP contribution in [0.3, 0.4) is 0 Å². The predicted octanol–water partition coefficient (Wildman–Crippen LogP) is 0.624. The maximum absolute atomic E-state index is 12.4. The van der Waals surface area contributed by atoms with E-state index in [1.807, 2.05) is 23.1 Å². The SMILES string of the molecule is O=C1Cc2c(NC/N=C/c3ccc4c(c3)COB4O)ncnc2N1C1CCC1. The van der Waals surface area contributed by atoms with Gasteiger partial charge in [0.25, 0.3) is 0 Å². The zero-order valence-electron chi connectivity index (χ0n) is 15.3. The van der Waals surface area contributed by atoms with E-state index in [9.17, 15) is 9.82 Å². The number of aromatic nitrogens is 2. The van der Waals surface area contributed by atoms with Gasteiger partial charge in [-0.3, -0.25) is 14.7 Å². The van der Waals surface area contributed by atoms with Crippen molar-refractivity contribution in [1.82, 2.24) is 9.97 Å². The number of anilines is 2. The van der Waals surface area contributed by atoms with Crippen LogP contribution in [0.1, 0.15) is 36.0 Å². The molecule has 1 aromatic heterocycles. The first-order valence-electron chi connectivity index (χ1n) is 9.53. The van der Waals surface area contributed by atoms with E-state index in [1.165, 1.54) is 12.7 Å². The molecule has 8 nitrogen and oxygen atoms in total. The summed E-state index contributed by atoms with van der Waals surface area (Å²) in [5, 5.41) is 12.9. The lowest BCUT2D eigenvalue weighted by Crippen LogP contribution is -2.42. The van der Waals surface area contributed by atoms with E-state index in [-0.39, 0.29) is 11.9 Å². The lowest BCUT2D eigenvalue weighted by Gasteiger charge is -2.34. The number of carbonyl (C=O) groups is 1. The van der Waals surface area contributed by atoms with Gasteiger partial charge in [0, 0.05) is 17.8 Å².